The predicted molar refractivity (Wildman–Crippen MR) is 122 cm³/mol. The molecule has 1 aliphatic rings. The van der Waals surface area contributed by atoms with Crippen LogP contribution in [0, 0.1) is 0 Å². The number of carbonyl (C=O) groups is 1. The van der Waals surface area contributed by atoms with Crippen molar-refractivity contribution in [1.82, 2.24) is 9.80 Å². The zero-order valence-electron chi connectivity index (χ0n) is 18.9. The molecule has 3 rings (SSSR count). The molecule has 0 radical (unpaired) electrons. The van der Waals surface area contributed by atoms with E-state index in [0.717, 1.165) is 29.0 Å². The normalized spacial score (nSPS) is 15.3. The molecule has 1 unspecified atom stereocenters. The van der Waals surface area contributed by atoms with Crippen LogP contribution in [-0.2, 0) is 11.3 Å². The molecule has 0 saturated carbocycles. The van der Waals surface area contributed by atoms with E-state index < -0.39 is 5.92 Å². The Hall–Kier alpha value is -2.64. The molecule has 2 aromatic carbocycles. The molecule has 31 heavy (non-hydrogen) atoms. The van der Waals surface area contributed by atoms with Gasteiger partial charge in [0.25, 0.3) is 0 Å². The first-order chi connectivity index (χ1) is 14.4. The summed E-state index contributed by atoms with van der Waals surface area (Å²) in [5.41, 5.74) is 2.85. The highest BCUT2D eigenvalue weighted by atomic mass is 35.5. The largest absolute Gasteiger partial charge is 0.497 e. The molecule has 1 aliphatic heterocycles. The van der Waals surface area contributed by atoms with Crippen molar-refractivity contribution in [1.29, 1.82) is 0 Å². The minimum absolute atomic E-state index is 0. The van der Waals surface area contributed by atoms with Gasteiger partial charge in [0.15, 0.2) is 11.5 Å². The molecule has 0 bridgehead atoms. The summed E-state index contributed by atoms with van der Waals surface area (Å²) < 4.78 is 21.9. The second kappa shape index (κ2) is 10.6. The van der Waals surface area contributed by atoms with Gasteiger partial charge in [-0.3, -0.25) is 4.79 Å². The lowest BCUT2D eigenvalue weighted by Gasteiger charge is -2.35. The predicted octanol–water partition coefficient (Wildman–Crippen LogP) is 3.18. The van der Waals surface area contributed by atoms with Crippen LogP contribution >= 0.6 is 12.4 Å². The quantitative estimate of drug-likeness (QED) is 0.615. The molecular formula is C23H31ClN2O5. The van der Waals surface area contributed by atoms with Gasteiger partial charge in [-0.05, 0) is 55.1 Å². The van der Waals surface area contributed by atoms with E-state index in [4.69, 9.17) is 18.9 Å². The van der Waals surface area contributed by atoms with Crippen molar-refractivity contribution in [3.8, 4) is 23.0 Å². The standard InChI is InChI=1S/C23H30N2O5.ClH/c1-24(2)9-10-25-14-16-11-17(27-3)7-8-18(16)21(23(25)26)15-12-19(28-4)22(30-6)20(13-15)29-5;/h7-8,11-13,21H,9-10,14H2,1-6H3;1H. The van der Waals surface area contributed by atoms with Gasteiger partial charge in [0.1, 0.15) is 5.75 Å². The van der Waals surface area contributed by atoms with Gasteiger partial charge in [0, 0.05) is 19.6 Å². The second-order valence-electron chi connectivity index (χ2n) is 7.52. The highest BCUT2D eigenvalue weighted by Crippen LogP contribution is 2.44. The lowest BCUT2D eigenvalue weighted by Crippen LogP contribution is -2.42. The fourth-order valence-corrected chi connectivity index (χ4v) is 3.83. The van der Waals surface area contributed by atoms with Gasteiger partial charge in [-0.2, -0.15) is 0 Å². The molecule has 2 aromatic rings. The van der Waals surface area contributed by atoms with Crippen molar-refractivity contribution in [2.45, 2.75) is 12.5 Å². The third-order valence-electron chi connectivity index (χ3n) is 5.42. The summed E-state index contributed by atoms with van der Waals surface area (Å²) in [4.78, 5) is 17.5. The number of amides is 1. The summed E-state index contributed by atoms with van der Waals surface area (Å²) in [5, 5.41) is 0. The average molecular weight is 451 g/mol. The number of halogens is 1. The number of fused-ring (bicyclic) bond motifs is 1. The van der Waals surface area contributed by atoms with Gasteiger partial charge in [-0.15, -0.1) is 12.4 Å². The minimum Gasteiger partial charge on any atom is -0.497 e. The molecule has 1 heterocycles. The van der Waals surface area contributed by atoms with E-state index in [2.05, 4.69) is 4.90 Å². The summed E-state index contributed by atoms with van der Waals surface area (Å²) in [5.74, 6) is 1.94. The van der Waals surface area contributed by atoms with Gasteiger partial charge in [-0.1, -0.05) is 6.07 Å². The van der Waals surface area contributed by atoms with E-state index in [1.54, 1.807) is 28.4 Å². The van der Waals surface area contributed by atoms with Crippen LogP contribution in [0.1, 0.15) is 22.6 Å². The van der Waals surface area contributed by atoms with Gasteiger partial charge in [0.2, 0.25) is 11.7 Å². The monoisotopic (exact) mass is 450 g/mol. The average Bonchev–Trinajstić information content (AvgIpc) is 2.76. The molecule has 7 nitrogen and oxygen atoms in total. The maximum Gasteiger partial charge on any atom is 0.234 e. The van der Waals surface area contributed by atoms with Crippen LogP contribution in [0.4, 0.5) is 0 Å². The van der Waals surface area contributed by atoms with Crippen LogP contribution in [0.3, 0.4) is 0 Å². The van der Waals surface area contributed by atoms with Crippen molar-refractivity contribution in [2.75, 3.05) is 55.6 Å². The maximum atomic E-state index is 13.6. The highest BCUT2D eigenvalue weighted by molar-refractivity contribution is 5.90. The fourth-order valence-electron chi connectivity index (χ4n) is 3.83. The Bertz CT molecular complexity index is 894. The van der Waals surface area contributed by atoms with Crippen LogP contribution in [0.15, 0.2) is 30.3 Å². The number of hydrogen-bond donors (Lipinski definition) is 0. The Balaban J connectivity index is 0.00000341. The molecular weight excluding hydrogens is 420 g/mol. The fraction of sp³-hybridized carbons (Fsp3) is 0.435. The van der Waals surface area contributed by atoms with Gasteiger partial charge >= 0.3 is 0 Å². The van der Waals surface area contributed by atoms with Crippen LogP contribution < -0.4 is 18.9 Å². The van der Waals surface area contributed by atoms with Gasteiger partial charge in [-0.25, -0.2) is 0 Å². The summed E-state index contributed by atoms with van der Waals surface area (Å²) in [6, 6.07) is 9.59. The van der Waals surface area contributed by atoms with Gasteiger partial charge in [0.05, 0.1) is 34.4 Å². The number of hydrogen-bond acceptors (Lipinski definition) is 6. The number of nitrogens with zero attached hydrogens (tertiary/aromatic N) is 2. The SMILES string of the molecule is COc1ccc2c(c1)CN(CCN(C)C)C(=O)C2c1cc(OC)c(OC)c(OC)c1.Cl. The number of benzene rings is 2. The Morgan fingerprint density at radius 2 is 1.61 bits per heavy atom. The molecule has 0 spiro atoms. The Morgan fingerprint density at radius 3 is 2.13 bits per heavy atom. The molecule has 0 saturated heterocycles. The Kier molecular flexibility index (Phi) is 8.42. The highest BCUT2D eigenvalue weighted by Gasteiger charge is 2.35. The molecule has 1 atom stereocenters. The van der Waals surface area contributed by atoms with Crippen LogP contribution in [0.25, 0.3) is 0 Å². The first-order valence-electron chi connectivity index (χ1n) is 9.83. The van der Waals surface area contributed by atoms with E-state index in [1.807, 2.05) is 49.3 Å². The molecule has 0 N–H and O–H groups in total. The van der Waals surface area contributed by atoms with E-state index in [0.29, 0.717) is 30.3 Å². The summed E-state index contributed by atoms with van der Waals surface area (Å²) >= 11 is 0. The summed E-state index contributed by atoms with van der Waals surface area (Å²) in [6.45, 7) is 1.98. The van der Waals surface area contributed by atoms with Crippen LogP contribution in [0.2, 0.25) is 0 Å². The second-order valence-corrected chi connectivity index (χ2v) is 7.52. The molecule has 0 aliphatic carbocycles. The summed E-state index contributed by atoms with van der Waals surface area (Å²) in [6.07, 6.45) is 0. The number of methoxy groups -OCH3 is 4. The van der Waals surface area contributed by atoms with Crippen LogP contribution in [0.5, 0.6) is 23.0 Å². The number of rotatable bonds is 8. The maximum absolute atomic E-state index is 13.6. The zero-order valence-corrected chi connectivity index (χ0v) is 19.7. The van der Waals surface area contributed by atoms with Crippen LogP contribution in [-0.4, -0.2) is 71.3 Å². The van der Waals surface area contributed by atoms with Crippen molar-refractivity contribution in [3.63, 3.8) is 0 Å². The van der Waals surface area contributed by atoms with Crippen molar-refractivity contribution in [2.24, 2.45) is 0 Å². The Morgan fingerprint density at radius 1 is 0.968 bits per heavy atom. The molecule has 0 aromatic heterocycles. The first-order valence-corrected chi connectivity index (χ1v) is 9.83. The van der Waals surface area contributed by atoms with E-state index in [-0.39, 0.29) is 18.3 Å². The number of ether oxygens (including phenoxy) is 4. The van der Waals surface area contributed by atoms with Crippen molar-refractivity contribution in [3.05, 3.63) is 47.0 Å². The van der Waals surface area contributed by atoms with Gasteiger partial charge < -0.3 is 28.7 Å². The molecule has 8 heteroatoms. The van der Waals surface area contributed by atoms with E-state index in [9.17, 15) is 4.79 Å². The smallest absolute Gasteiger partial charge is 0.234 e. The molecule has 0 fully saturated rings. The Labute approximate surface area is 190 Å². The summed E-state index contributed by atoms with van der Waals surface area (Å²) in [7, 11) is 10.4. The van der Waals surface area contributed by atoms with Crippen molar-refractivity contribution >= 4 is 18.3 Å². The van der Waals surface area contributed by atoms with E-state index in [1.165, 1.54) is 0 Å². The minimum atomic E-state index is -0.462. The van der Waals surface area contributed by atoms with Crippen molar-refractivity contribution < 1.29 is 23.7 Å². The lowest BCUT2D eigenvalue weighted by molar-refractivity contribution is -0.133. The topological polar surface area (TPSA) is 60.5 Å². The third kappa shape index (κ3) is 4.99. The van der Waals surface area contributed by atoms with E-state index >= 15 is 0 Å². The first kappa shape index (κ1) is 24.6. The molecule has 1 amide bonds. The zero-order chi connectivity index (χ0) is 21.8. The third-order valence-corrected chi connectivity index (χ3v) is 5.42. The lowest BCUT2D eigenvalue weighted by atomic mass is 9.83. The number of carbonyl (C=O) groups excluding carboxylic acids is 1. The number of likely N-dealkylation sites (N-methyl/N-ethyl adjacent to an activating group) is 1. The molecule has 170 valence electrons.